The van der Waals surface area contributed by atoms with E-state index in [1.165, 1.54) is 22.9 Å². The zero-order valence-electron chi connectivity index (χ0n) is 23.9. The zero-order valence-corrected chi connectivity index (χ0v) is 23.9. The number of benzene rings is 3. The third-order valence-electron chi connectivity index (χ3n) is 7.78. The van der Waals surface area contributed by atoms with E-state index in [1.807, 2.05) is 6.92 Å². The number of carbonyl (C=O) groups is 1. The molecule has 212 valence electrons. The summed E-state index contributed by atoms with van der Waals surface area (Å²) in [5.41, 5.74) is 3.90. The van der Waals surface area contributed by atoms with Gasteiger partial charge in [-0.05, 0) is 43.5 Å². The van der Waals surface area contributed by atoms with Crippen molar-refractivity contribution in [2.75, 3.05) is 50.8 Å². The van der Waals surface area contributed by atoms with Crippen LogP contribution in [-0.2, 0) is 10.2 Å². The first kappa shape index (κ1) is 28.3. The van der Waals surface area contributed by atoms with Gasteiger partial charge < -0.3 is 14.4 Å². The highest BCUT2D eigenvalue weighted by Gasteiger charge is 2.36. The fourth-order valence-electron chi connectivity index (χ4n) is 5.70. The Morgan fingerprint density at radius 2 is 1.32 bits per heavy atom. The number of rotatable bonds is 11. The number of carbonyl (C=O) groups excluding carboxylic acids is 1. The molecule has 0 bridgehead atoms. The summed E-state index contributed by atoms with van der Waals surface area (Å²) in [6, 6.07) is 32.6. The topological polar surface area (TPSA) is 67.8 Å². The Kier molecular flexibility index (Phi) is 9.26. The molecule has 0 N–H and O–H groups in total. The lowest BCUT2D eigenvalue weighted by molar-refractivity contribution is 0.0520. The predicted octanol–water partition coefficient (Wildman–Crippen LogP) is 5.60. The zero-order chi connectivity index (χ0) is 28.5. The van der Waals surface area contributed by atoms with Crippen LogP contribution in [0.3, 0.4) is 0 Å². The molecule has 1 fully saturated rings. The van der Waals surface area contributed by atoms with E-state index in [2.05, 4.69) is 111 Å². The number of nitrogens with zero attached hydrogens (tertiary/aromatic N) is 4. The van der Waals surface area contributed by atoms with Crippen molar-refractivity contribution in [3.05, 3.63) is 119 Å². The van der Waals surface area contributed by atoms with Crippen molar-refractivity contribution in [1.29, 1.82) is 0 Å². The van der Waals surface area contributed by atoms with Gasteiger partial charge in [0.15, 0.2) is 0 Å². The van der Waals surface area contributed by atoms with Crippen molar-refractivity contribution < 1.29 is 14.3 Å². The first-order valence-corrected chi connectivity index (χ1v) is 14.5. The van der Waals surface area contributed by atoms with Gasteiger partial charge in [0.25, 0.3) is 0 Å². The minimum Gasteiger partial charge on any atom is -0.477 e. The highest BCUT2D eigenvalue weighted by molar-refractivity contribution is 5.91. The van der Waals surface area contributed by atoms with E-state index in [0.717, 1.165) is 39.1 Å². The molecule has 41 heavy (non-hydrogen) atoms. The van der Waals surface area contributed by atoms with E-state index in [0.29, 0.717) is 12.6 Å². The lowest BCUT2D eigenvalue weighted by Crippen LogP contribution is -2.48. The monoisotopic (exact) mass is 550 g/mol. The maximum Gasteiger partial charge on any atom is 0.345 e. The third kappa shape index (κ3) is 6.25. The Morgan fingerprint density at radius 3 is 1.80 bits per heavy atom. The number of esters is 1. The molecular formula is C34H38N4O3. The van der Waals surface area contributed by atoms with Crippen LogP contribution >= 0.6 is 0 Å². The maximum absolute atomic E-state index is 12.3. The third-order valence-corrected chi connectivity index (χ3v) is 7.78. The van der Waals surface area contributed by atoms with Gasteiger partial charge in [-0.15, -0.1) is 0 Å². The molecule has 0 atom stereocenters. The molecule has 0 amide bonds. The Labute approximate surface area is 242 Å². The highest BCUT2D eigenvalue weighted by Crippen LogP contribution is 2.42. The molecule has 1 aliphatic heterocycles. The van der Waals surface area contributed by atoms with Crippen molar-refractivity contribution in [3.8, 4) is 5.88 Å². The number of hydrogen-bond donors (Lipinski definition) is 0. The molecule has 0 aliphatic carbocycles. The lowest BCUT2D eigenvalue weighted by atomic mass is 9.67. The highest BCUT2D eigenvalue weighted by atomic mass is 16.5. The summed E-state index contributed by atoms with van der Waals surface area (Å²) >= 11 is 0. The molecule has 0 saturated carbocycles. The molecule has 0 spiro atoms. The molecule has 0 radical (unpaired) electrons. The van der Waals surface area contributed by atoms with Crippen LogP contribution in [0.1, 0.15) is 47.3 Å². The number of hydrogen-bond acceptors (Lipinski definition) is 7. The van der Waals surface area contributed by atoms with Gasteiger partial charge in [0.2, 0.25) is 11.8 Å². The summed E-state index contributed by atoms with van der Waals surface area (Å²) in [6.07, 6.45) is 2.47. The number of aromatic nitrogens is 2. The van der Waals surface area contributed by atoms with E-state index in [-0.39, 0.29) is 23.5 Å². The molecule has 2 heterocycles. The molecule has 7 heteroatoms. The quantitative estimate of drug-likeness (QED) is 0.178. The van der Waals surface area contributed by atoms with Crippen molar-refractivity contribution in [2.45, 2.75) is 25.7 Å². The summed E-state index contributed by atoms with van der Waals surface area (Å²) in [4.78, 5) is 26.1. The van der Waals surface area contributed by atoms with Crippen molar-refractivity contribution >= 4 is 11.9 Å². The molecule has 4 aromatic rings. The Morgan fingerprint density at radius 1 is 0.780 bits per heavy atom. The Bertz CT molecular complexity index is 1300. The second-order valence-corrected chi connectivity index (χ2v) is 10.1. The van der Waals surface area contributed by atoms with Crippen molar-refractivity contribution in [1.82, 2.24) is 14.9 Å². The van der Waals surface area contributed by atoms with Crippen LogP contribution in [0.2, 0.25) is 0 Å². The van der Waals surface area contributed by atoms with Crippen LogP contribution in [-0.4, -0.2) is 66.8 Å². The van der Waals surface area contributed by atoms with E-state index in [9.17, 15) is 4.79 Å². The smallest absolute Gasteiger partial charge is 0.345 e. The van der Waals surface area contributed by atoms with Crippen LogP contribution in [0.15, 0.2) is 97.2 Å². The largest absolute Gasteiger partial charge is 0.477 e. The Balaban J connectivity index is 1.34. The van der Waals surface area contributed by atoms with Gasteiger partial charge in [0.1, 0.15) is 5.56 Å². The first-order valence-electron chi connectivity index (χ1n) is 14.5. The first-order chi connectivity index (χ1) is 20.2. The number of anilines is 1. The summed E-state index contributed by atoms with van der Waals surface area (Å²) < 4.78 is 10.8. The molecule has 3 aromatic carbocycles. The minimum atomic E-state index is -0.467. The Hall–Kier alpha value is -4.23. The van der Waals surface area contributed by atoms with Crippen molar-refractivity contribution in [3.63, 3.8) is 0 Å². The van der Waals surface area contributed by atoms with Crippen molar-refractivity contribution in [2.24, 2.45) is 0 Å². The van der Waals surface area contributed by atoms with Gasteiger partial charge in [-0.2, -0.15) is 4.98 Å². The van der Waals surface area contributed by atoms with Gasteiger partial charge in [0, 0.05) is 31.6 Å². The van der Waals surface area contributed by atoms with Crippen LogP contribution in [0.5, 0.6) is 5.88 Å². The average Bonchev–Trinajstić information content (AvgIpc) is 3.03. The molecular weight excluding hydrogens is 512 g/mol. The van der Waals surface area contributed by atoms with Gasteiger partial charge in [-0.25, -0.2) is 9.78 Å². The van der Waals surface area contributed by atoms with E-state index in [4.69, 9.17) is 9.47 Å². The molecule has 7 nitrogen and oxygen atoms in total. The van der Waals surface area contributed by atoms with Gasteiger partial charge in [-0.1, -0.05) is 91.0 Å². The number of piperazine rings is 1. The number of ether oxygens (including phenoxy) is 2. The van der Waals surface area contributed by atoms with Crippen LogP contribution in [0.25, 0.3) is 0 Å². The molecule has 1 saturated heterocycles. The molecule has 1 aromatic heterocycles. The molecule has 0 unspecified atom stereocenters. The van der Waals surface area contributed by atoms with E-state index in [1.54, 1.807) is 6.92 Å². The summed E-state index contributed by atoms with van der Waals surface area (Å²) in [5, 5.41) is 0. The van der Waals surface area contributed by atoms with Gasteiger partial charge >= 0.3 is 5.97 Å². The summed E-state index contributed by atoms with van der Waals surface area (Å²) in [5.74, 6) is 0.385. The summed E-state index contributed by atoms with van der Waals surface area (Å²) in [7, 11) is 0. The predicted molar refractivity (Wildman–Crippen MR) is 162 cm³/mol. The second-order valence-electron chi connectivity index (χ2n) is 10.1. The average molecular weight is 551 g/mol. The summed E-state index contributed by atoms with van der Waals surface area (Å²) in [6.45, 7) is 8.64. The second kappa shape index (κ2) is 13.4. The van der Waals surface area contributed by atoms with Crippen LogP contribution < -0.4 is 9.64 Å². The molecule has 5 rings (SSSR count). The van der Waals surface area contributed by atoms with Gasteiger partial charge in [-0.3, -0.25) is 4.90 Å². The van der Waals surface area contributed by atoms with Crippen LogP contribution in [0, 0.1) is 0 Å². The van der Waals surface area contributed by atoms with E-state index >= 15 is 0 Å². The van der Waals surface area contributed by atoms with Gasteiger partial charge in [0.05, 0.1) is 19.4 Å². The maximum atomic E-state index is 12.3. The normalized spacial score (nSPS) is 14.0. The SMILES string of the molecule is CCOC(=O)c1cnc(N2CCN(CCC(c3ccccc3)(c3ccccc3)c3ccccc3)CC2)nc1OCC. The standard InChI is InChI=1S/C34H38N4O3/c1-3-40-31-30(32(39)41-4-2)26-35-33(36-31)38-24-22-37(23-25-38)21-20-34(27-14-8-5-9-15-27,28-16-10-6-11-17-28)29-18-12-7-13-19-29/h5-19,26H,3-4,20-25H2,1-2H3. The minimum absolute atomic E-state index is 0.259. The lowest BCUT2D eigenvalue weighted by Gasteiger charge is -2.40. The fourth-order valence-corrected chi connectivity index (χ4v) is 5.70. The fraction of sp³-hybridized carbons (Fsp3) is 0.324. The molecule has 1 aliphatic rings. The van der Waals surface area contributed by atoms with Crippen LogP contribution in [0.4, 0.5) is 5.95 Å². The van der Waals surface area contributed by atoms with E-state index < -0.39 is 5.97 Å².